The summed E-state index contributed by atoms with van der Waals surface area (Å²) in [6.45, 7) is 6.97. The average molecular weight is 268 g/mol. The van der Waals surface area contributed by atoms with Gasteiger partial charge in [0.1, 0.15) is 12.3 Å². The van der Waals surface area contributed by atoms with Crippen molar-refractivity contribution >= 4 is 11.9 Å². The summed E-state index contributed by atoms with van der Waals surface area (Å²) in [6.07, 6.45) is 0.775. The minimum atomic E-state index is -1.00. The molecule has 0 spiro atoms. The molecule has 19 heavy (non-hydrogen) atoms. The van der Waals surface area contributed by atoms with Crippen LogP contribution in [0.25, 0.3) is 0 Å². The van der Waals surface area contributed by atoms with Gasteiger partial charge < -0.3 is 14.5 Å². The lowest BCUT2D eigenvalue weighted by Gasteiger charge is -2.24. The number of aliphatic carboxylic acids is 1. The number of carbonyl (C=O) groups is 2. The maximum absolute atomic E-state index is 12.0. The predicted octanol–water partition coefficient (Wildman–Crippen LogP) is 1.55. The van der Waals surface area contributed by atoms with Crippen LogP contribution in [0.1, 0.15) is 37.3 Å². The van der Waals surface area contributed by atoms with E-state index in [4.69, 9.17) is 9.63 Å². The van der Waals surface area contributed by atoms with E-state index in [0.29, 0.717) is 12.2 Å². The number of aryl methyl sites for hydroxylation is 2. The molecule has 0 aliphatic heterocycles. The highest BCUT2D eigenvalue weighted by atomic mass is 16.5. The first-order valence-electron chi connectivity index (χ1n) is 6.26. The van der Waals surface area contributed by atoms with Gasteiger partial charge in [-0.1, -0.05) is 5.16 Å². The van der Waals surface area contributed by atoms with Crippen molar-refractivity contribution in [2.24, 2.45) is 0 Å². The smallest absolute Gasteiger partial charge is 0.323 e. The van der Waals surface area contributed by atoms with E-state index in [0.717, 1.165) is 11.3 Å². The van der Waals surface area contributed by atoms with Crippen LogP contribution < -0.4 is 0 Å². The topological polar surface area (TPSA) is 83.6 Å². The van der Waals surface area contributed by atoms with Gasteiger partial charge in [0, 0.05) is 18.0 Å². The Morgan fingerprint density at radius 3 is 2.42 bits per heavy atom. The summed E-state index contributed by atoms with van der Waals surface area (Å²) in [5.74, 6) is -0.462. The Morgan fingerprint density at radius 2 is 2.00 bits per heavy atom. The third-order valence-corrected chi connectivity index (χ3v) is 3.02. The third-order valence-electron chi connectivity index (χ3n) is 3.02. The van der Waals surface area contributed by atoms with Crippen molar-refractivity contribution < 1.29 is 19.2 Å². The Morgan fingerprint density at radius 1 is 1.37 bits per heavy atom. The molecule has 106 valence electrons. The van der Waals surface area contributed by atoms with Crippen molar-refractivity contribution in [2.45, 2.75) is 46.6 Å². The summed E-state index contributed by atoms with van der Waals surface area (Å²) in [5.41, 5.74) is 1.70. The minimum Gasteiger partial charge on any atom is -0.480 e. The summed E-state index contributed by atoms with van der Waals surface area (Å²) < 4.78 is 5.03. The molecule has 1 N–H and O–H groups in total. The second-order valence-electron chi connectivity index (χ2n) is 4.81. The Balaban J connectivity index is 2.65. The van der Waals surface area contributed by atoms with Crippen molar-refractivity contribution in [1.29, 1.82) is 0 Å². The molecule has 0 atom stereocenters. The van der Waals surface area contributed by atoms with E-state index in [9.17, 15) is 9.59 Å². The zero-order valence-corrected chi connectivity index (χ0v) is 11.8. The SMILES string of the molecule is Cc1noc(C)c1CCC(=O)N(CC(=O)O)C(C)C. The number of aromatic nitrogens is 1. The van der Waals surface area contributed by atoms with E-state index >= 15 is 0 Å². The second kappa shape index (κ2) is 6.36. The zero-order chi connectivity index (χ0) is 14.6. The number of nitrogens with zero attached hydrogens (tertiary/aromatic N) is 2. The molecule has 1 aromatic heterocycles. The van der Waals surface area contributed by atoms with Crippen LogP contribution in [0.3, 0.4) is 0 Å². The van der Waals surface area contributed by atoms with Gasteiger partial charge in [0.2, 0.25) is 5.91 Å². The quantitative estimate of drug-likeness (QED) is 0.846. The molecule has 0 aliphatic carbocycles. The number of carboxylic acid groups (broad SMARTS) is 1. The van der Waals surface area contributed by atoms with Gasteiger partial charge in [-0.15, -0.1) is 0 Å². The van der Waals surface area contributed by atoms with Gasteiger partial charge in [-0.2, -0.15) is 0 Å². The first-order valence-corrected chi connectivity index (χ1v) is 6.26. The number of rotatable bonds is 6. The summed E-state index contributed by atoms with van der Waals surface area (Å²) in [7, 11) is 0. The minimum absolute atomic E-state index is 0.131. The van der Waals surface area contributed by atoms with Gasteiger partial charge in [-0.05, 0) is 34.1 Å². The molecular formula is C13H20N2O4. The fraction of sp³-hybridized carbons (Fsp3) is 0.615. The maximum atomic E-state index is 12.0. The molecule has 1 amide bonds. The molecular weight excluding hydrogens is 248 g/mol. The van der Waals surface area contributed by atoms with E-state index in [-0.39, 0.29) is 24.9 Å². The largest absolute Gasteiger partial charge is 0.480 e. The van der Waals surface area contributed by atoms with Crippen molar-refractivity contribution in [1.82, 2.24) is 10.1 Å². The molecule has 0 unspecified atom stereocenters. The summed E-state index contributed by atoms with van der Waals surface area (Å²) in [5, 5.41) is 12.6. The van der Waals surface area contributed by atoms with E-state index < -0.39 is 5.97 Å². The highest BCUT2D eigenvalue weighted by Crippen LogP contribution is 2.15. The highest BCUT2D eigenvalue weighted by molar-refractivity contribution is 5.81. The van der Waals surface area contributed by atoms with Crippen LogP contribution in [0.5, 0.6) is 0 Å². The van der Waals surface area contributed by atoms with Crippen LogP contribution in [-0.4, -0.2) is 39.6 Å². The number of carboxylic acids is 1. The second-order valence-corrected chi connectivity index (χ2v) is 4.81. The Labute approximate surface area is 112 Å². The molecule has 6 heteroatoms. The number of hydrogen-bond acceptors (Lipinski definition) is 4. The van der Waals surface area contributed by atoms with Crippen LogP contribution in [0, 0.1) is 13.8 Å². The first-order chi connectivity index (χ1) is 8.82. The third kappa shape index (κ3) is 4.08. The van der Waals surface area contributed by atoms with Gasteiger partial charge in [0.05, 0.1) is 5.69 Å². The highest BCUT2D eigenvalue weighted by Gasteiger charge is 2.20. The van der Waals surface area contributed by atoms with Gasteiger partial charge in [0.25, 0.3) is 0 Å². The molecule has 0 aromatic carbocycles. The van der Waals surface area contributed by atoms with E-state index in [1.807, 2.05) is 6.92 Å². The summed E-state index contributed by atoms with van der Waals surface area (Å²) in [4.78, 5) is 24.2. The fourth-order valence-corrected chi connectivity index (χ4v) is 1.94. The van der Waals surface area contributed by atoms with Crippen molar-refractivity contribution in [3.05, 3.63) is 17.0 Å². The molecule has 1 aromatic rings. The van der Waals surface area contributed by atoms with E-state index in [1.165, 1.54) is 4.90 Å². The zero-order valence-electron chi connectivity index (χ0n) is 11.8. The van der Waals surface area contributed by atoms with Gasteiger partial charge in [0.15, 0.2) is 0 Å². The van der Waals surface area contributed by atoms with Crippen molar-refractivity contribution in [2.75, 3.05) is 6.54 Å². The van der Waals surface area contributed by atoms with Gasteiger partial charge in [-0.25, -0.2) is 0 Å². The molecule has 0 saturated carbocycles. The van der Waals surface area contributed by atoms with E-state index in [2.05, 4.69) is 5.16 Å². The Hall–Kier alpha value is -1.85. The van der Waals surface area contributed by atoms with Gasteiger partial charge in [-0.3, -0.25) is 9.59 Å². The molecule has 1 rings (SSSR count). The lowest BCUT2D eigenvalue weighted by molar-refractivity contribution is -0.145. The molecule has 0 saturated heterocycles. The van der Waals surface area contributed by atoms with Crippen LogP contribution in [0.15, 0.2) is 4.52 Å². The van der Waals surface area contributed by atoms with E-state index in [1.54, 1.807) is 20.8 Å². The van der Waals surface area contributed by atoms with Crippen molar-refractivity contribution in [3.8, 4) is 0 Å². The molecule has 0 radical (unpaired) electrons. The predicted molar refractivity (Wildman–Crippen MR) is 68.8 cm³/mol. The normalized spacial score (nSPS) is 10.8. The summed E-state index contributed by atoms with van der Waals surface area (Å²) >= 11 is 0. The van der Waals surface area contributed by atoms with Crippen LogP contribution in [0.2, 0.25) is 0 Å². The lowest BCUT2D eigenvalue weighted by atomic mass is 10.1. The maximum Gasteiger partial charge on any atom is 0.323 e. The van der Waals surface area contributed by atoms with Crippen LogP contribution in [-0.2, 0) is 16.0 Å². The fourth-order valence-electron chi connectivity index (χ4n) is 1.94. The first kappa shape index (κ1) is 15.2. The van der Waals surface area contributed by atoms with Crippen LogP contribution >= 0.6 is 0 Å². The number of hydrogen-bond donors (Lipinski definition) is 1. The standard InChI is InChI=1S/C13H20N2O4/c1-8(2)15(7-13(17)18)12(16)6-5-11-9(3)14-19-10(11)4/h8H,5-7H2,1-4H3,(H,17,18). The molecule has 0 aliphatic rings. The lowest BCUT2D eigenvalue weighted by Crippen LogP contribution is -2.40. The number of carbonyl (C=O) groups excluding carboxylic acids is 1. The monoisotopic (exact) mass is 268 g/mol. The summed E-state index contributed by atoms with van der Waals surface area (Å²) in [6, 6.07) is -0.131. The molecule has 1 heterocycles. The molecule has 6 nitrogen and oxygen atoms in total. The average Bonchev–Trinajstić information content (AvgIpc) is 2.62. The number of amides is 1. The van der Waals surface area contributed by atoms with Gasteiger partial charge >= 0.3 is 5.97 Å². The Bertz CT molecular complexity index is 446. The van der Waals surface area contributed by atoms with Crippen LogP contribution in [0.4, 0.5) is 0 Å². The molecule has 0 bridgehead atoms. The van der Waals surface area contributed by atoms with Crippen molar-refractivity contribution in [3.63, 3.8) is 0 Å². The molecule has 0 fully saturated rings. The Kier molecular flexibility index (Phi) is 5.09.